The number of amides is 1. The van der Waals surface area contributed by atoms with E-state index < -0.39 is 0 Å². The fraction of sp³-hybridized carbons (Fsp3) is 0.412. The van der Waals surface area contributed by atoms with E-state index in [0.29, 0.717) is 12.4 Å². The molecular formula is C17H22N4O3. The van der Waals surface area contributed by atoms with E-state index >= 15 is 0 Å². The van der Waals surface area contributed by atoms with E-state index in [2.05, 4.69) is 20.4 Å². The van der Waals surface area contributed by atoms with E-state index in [1.807, 2.05) is 30.3 Å². The molecule has 3 rings (SSSR count). The Balaban J connectivity index is 1.38. The maximum absolute atomic E-state index is 11.8. The van der Waals surface area contributed by atoms with Crippen LogP contribution in [-0.2, 0) is 9.53 Å². The van der Waals surface area contributed by atoms with Gasteiger partial charge in [0.05, 0.1) is 18.9 Å². The van der Waals surface area contributed by atoms with Crippen molar-refractivity contribution >= 4 is 5.91 Å². The lowest BCUT2D eigenvalue weighted by Gasteiger charge is -2.26. The zero-order valence-corrected chi connectivity index (χ0v) is 13.5. The third kappa shape index (κ3) is 4.81. The van der Waals surface area contributed by atoms with E-state index in [1.54, 1.807) is 6.07 Å². The number of carbonyl (C=O) groups is 1. The number of carbonyl (C=O) groups excluding carboxylic acids is 1. The highest BCUT2D eigenvalue weighted by atomic mass is 16.5. The van der Waals surface area contributed by atoms with Crippen LogP contribution in [0.2, 0.25) is 0 Å². The summed E-state index contributed by atoms with van der Waals surface area (Å²) in [5.41, 5.74) is 1.88. The quantitative estimate of drug-likeness (QED) is 0.789. The van der Waals surface area contributed by atoms with Gasteiger partial charge in [-0.2, -0.15) is 0 Å². The molecule has 0 aliphatic carbocycles. The summed E-state index contributed by atoms with van der Waals surface area (Å²) in [5, 5.41) is 9.83. The van der Waals surface area contributed by atoms with Crippen molar-refractivity contribution in [1.29, 1.82) is 0 Å². The predicted molar refractivity (Wildman–Crippen MR) is 89.8 cm³/mol. The van der Waals surface area contributed by atoms with Crippen molar-refractivity contribution in [1.82, 2.24) is 20.4 Å². The van der Waals surface area contributed by atoms with Gasteiger partial charge in [0.1, 0.15) is 0 Å². The van der Waals surface area contributed by atoms with Crippen LogP contribution >= 0.6 is 0 Å². The number of hydrogen-bond acceptors (Lipinski definition) is 5. The highest BCUT2D eigenvalue weighted by molar-refractivity contribution is 5.77. The summed E-state index contributed by atoms with van der Waals surface area (Å²) in [6.45, 7) is 4.76. The van der Waals surface area contributed by atoms with Gasteiger partial charge in [-0.3, -0.25) is 14.8 Å². The van der Waals surface area contributed by atoms with E-state index in [0.717, 1.165) is 44.1 Å². The molecule has 1 aliphatic heterocycles. The average Bonchev–Trinajstić information content (AvgIpc) is 3.11. The van der Waals surface area contributed by atoms with Gasteiger partial charge in [-0.25, -0.2) is 0 Å². The van der Waals surface area contributed by atoms with Crippen molar-refractivity contribution in [3.63, 3.8) is 0 Å². The maximum Gasteiger partial charge on any atom is 0.258 e. The molecular weight excluding hydrogens is 308 g/mol. The molecule has 1 saturated heterocycles. The van der Waals surface area contributed by atoms with Crippen molar-refractivity contribution in [2.24, 2.45) is 0 Å². The van der Waals surface area contributed by atoms with Crippen LogP contribution in [0.15, 0.2) is 36.4 Å². The van der Waals surface area contributed by atoms with Crippen molar-refractivity contribution in [2.75, 3.05) is 46.0 Å². The molecule has 0 radical (unpaired) electrons. The first-order valence-corrected chi connectivity index (χ1v) is 8.12. The summed E-state index contributed by atoms with van der Waals surface area (Å²) >= 11 is 0. The molecule has 24 heavy (non-hydrogen) atoms. The summed E-state index contributed by atoms with van der Waals surface area (Å²) in [5.74, 6) is 0.268. The fourth-order valence-corrected chi connectivity index (χ4v) is 2.51. The number of aromatic amines is 1. The second-order valence-electron chi connectivity index (χ2n) is 5.58. The van der Waals surface area contributed by atoms with Crippen LogP contribution in [0.5, 0.6) is 5.88 Å². The Morgan fingerprint density at radius 1 is 1.29 bits per heavy atom. The molecule has 1 aliphatic rings. The highest BCUT2D eigenvalue weighted by Crippen LogP contribution is 2.20. The van der Waals surface area contributed by atoms with Crippen LogP contribution in [0.25, 0.3) is 11.3 Å². The first kappa shape index (κ1) is 16.5. The standard InChI is InChI=1S/C17H22N4O3/c22-16(18-6-7-21-8-10-23-11-9-21)13-24-17-12-15(19-20-17)14-4-2-1-3-5-14/h1-5,12H,6-11,13H2,(H,18,22)(H,19,20). The van der Waals surface area contributed by atoms with Gasteiger partial charge in [-0.05, 0) is 5.56 Å². The number of benzene rings is 1. The van der Waals surface area contributed by atoms with Crippen LogP contribution in [0.1, 0.15) is 0 Å². The van der Waals surface area contributed by atoms with E-state index in [9.17, 15) is 4.79 Å². The SMILES string of the molecule is O=C(COc1cc(-c2ccccc2)[nH]n1)NCCN1CCOCC1. The first-order valence-electron chi connectivity index (χ1n) is 8.12. The van der Waals surface area contributed by atoms with Gasteiger partial charge in [0.25, 0.3) is 5.91 Å². The Kier molecular flexibility index (Phi) is 5.81. The molecule has 1 amide bonds. The van der Waals surface area contributed by atoms with Crippen molar-refractivity contribution in [3.05, 3.63) is 36.4 Å². The Morgan fingerprint density at radius 3 is 2.88 bits per heavy atom. The predicted octanol–water partition coefficient (Wildman–Crippen LogP) is 0.904. The van der Waals surface area contributed by atoms with Gasteiger partial charge < -0.3 is 14.8 Å². The Labute approximate surface area is 140 Å². The molecule has 1 aromatic heterocycles. The summed E-state index contributed by atoms with van der Waals surface area (Å²) in [6, 6.07) is 11.6. The largest absolute Gasteiger partial charge is 0.466 e. The molecule has 0 unspecified atom stereocenters. The number of morpholine rings is 1. The second kappa shape index (κ2) is 8.47. The summed E-state index contributed by atoms with van der Waals surface area (Å²) in [4.78, 5) is 14.1. The zero-order valence-electron chi connectivity index (χ0n) is 13.5. The van der Waals surface area contributed by atoms with Crippen LogP contribution < -0.4 is 10.1 Å². The molecule has 128 valence electrons. The molecule has 0 atom stereocenters. The minimum Gasteiger partial charge on any atom is -0.466 e. The molecule has 7 nitrogen and oxygen atoms in total. The Morgan fingerprint density at radius 2 is 2.08 bits per heavy atom. The summed E-state index contributed by atoms with van der Waals surface area (Å²) in [6.07, 6.45) is 0. The van der Waals surface area contributed by atoms with Gasteiger partial charge >= 0.3 is 0 Å². The smallest absolute Gasteiger partial charge is 0.258 e. The van der Waals surface area contributed by atoms with Crippen LogP contribution in [-0.4, -0.2) is 67.0 Å². The van der Waals surface area contributed by atoms with Gasteiger partial charge in [-0.1, -0.05) is 30.3 Å². The van der Waals surface area contributed by atoms with Gasteiger partial charge in [-0.15, -0.1) is 5.10 Å². The number of nitrogens with one attached hydrogen (secondary N) is 2. The minimum atomic E-state index is -0.146. The van der Waals surface area contributed by atoms with E-state index in [1.165, 1.54) is 0 Å². The van der Waals surface area contributed by atoms with Gasteiger partial charge in [0.15, 0.2) is 6.61 Å². The summed E-state index contributed by atoms with van der Waals surface area (Å²) in [7, 11) is 0. The van der Waals surface area contributed by atoms with Gasteiger partial charge in [0.2, 0.25) is 5.88 Å². The molecule has 1 aromatic carbocycles. The third-order valence-electron chi connectivity index (χ3n) is 3.84. The first-order chi connectivity index (χ1) is 11.8. The van der Waals surface area contributed by atoms with Crippen LogP contribution in [0.3, 0.4) is 0 Å². The maximum atomic E-state index is 11.8. The van der Waals surface area contributed by atoms with Crippen LogP contribution in [0.4, 0.5) is 0 Å². The lowest BCUT2D eigenvalue weighted by Crippen LogP contribution is -2.42. The normalized spacial score (nSPS) is 15.2. The number of nitrogens with zero attached hydrogens (tertiary/aromatic N) is 2. The Bertz CT molecular complexity index is 638. The molecule has 1 fully saturated rings. The highest BCUT2D eigenvalue weighted by Gasteiger charge is 2.11. The monoisotopic (exact) mass is 330 g/mol. The zero-order chi connectivity index (χ0) is 16.6. The average molecular weight is 330 g/mol. The fourth-order valence-electron chi connectivity index (χ4n) is 2.51. The lowest BCUT2D eigenvalue weighted by molar-refractivity contribution is -0.123. The van der Waals surface area contributed by atoms with Crippen molar-refractivity contribution in [2.45, 2.75) is 0 Å². The van der Waals surface area contributed by atoms with Crippen LogP contribution in [0, 0.1) is 0 Å². The lowest BCUT2D eigenvalue weighted by atomic mass is 10.2. The number of rotatable bonds is 7. The third-order valence-corrected chi connectivity index (χ3v) is 3.84. The molecule has 2 N–H and O–H groups in total. The number of aromatic nitrogens is 2. The molecule has 0 saturated carbocycles. The molecule has 2 heterocycles. The molecule has 0 bridgehead atoms. The summed E-state index contributed by atoms with van der Waals surface area (Å²) < 4.78 is 10.7. The molecule has 0 spiro atoms. The topological polar surface area (TPSA) is 79.5 Å². The van der Waals surface area contributed by atoms with Gasteiger partial charge in [0, 0.05) is 32.2 Å². The number of ether oxygens (including phenoxy) is 2. The number of H-pyrrole nitrogens is 1. The van der Waals surface area contributed by atoms with Crippen molar-refractivity contribution < 1.29 is 14.3 Å². The molecule has 7 heteroatoms. The van der Waals surface area contributed by atoms with E-state index in [4.69, 9.17) is 9.47 Å². The van der Waals surface area contributed by atoms with Crippen molar-refractivity contribution in [3.8, 4) is 17.1 Å². The number of hydrogen-bond donors (Lipinski definition) is 2. The second-order valence-corrected chi connectivity index (χ2v) is 5.58. The molecule has 2 aromatic rings. The van der Waals surface area contributed by atoms with E-state index in [-0.39, 0.29) is 12.5 Å². The Hall–Kier alpha value is -2.38. The minimum absolute atomic E-state index is 0.0395.